The molecular formula is C22H27F2NO3. The second kappa shape index (κ2) is 5.39. The van der Waals surface area contributed by atoms with Crippen molar-refractivity contribution in [1.82, 2.24) is 4.90 Å². The van der Waals surface area contributed by atoms with E-state index in [0.29, 0.717) is 30.3 Å². The lowest BCUT2D eigenvalue weighted by molar-refractivity contribution is -0.249. The van der Waals surface area contributed by atoms with Crippen LogP contribution in [0.5, 0.6) is 11.5 Å². The SMILES string of the molecule is COc1ccc2c3c1O[C@H]1C(F)(F)CC[C@@]4(O)[C@@H](C2)N(CC2CCC2)CC[C@]314. The van der Waals surface area contributed by atoms with Gasteiger partial charge in [-0.1, -0.05) is 12.5 Å². The van der Waals surface area contributed by atoms with Gasteiger partial charge in [0.1, 0.15) is 0 Å². The Morgan fingerprint density at radius 3 is 2.79 bits per heavy atom. The first-order chi connectivity index (χ1) is 13.4. The Morgan fingerprint density at radius 2 is 2.07 bits per heavy atom. The van der Waals surface area contributed by atoms with E-state index >= 15 is 8.78 Å². The molecule has 2 heterocycles. The summed E-state index contributed by atoms with van der Waals surface area (Å²) in [4.78, 5) is 2.40. The van der Waals surface area contributed by atoms with Gasteiger partial charge < -0.3 is 14.6 Å². The molecule has 0 aromatic heterocycles. The van der Waals surface area contributed by atoms with Crippen molar-refractivity contribution in [3.8, 4) is 11.5 Å². The van der Waals surface area contributed by atoms with Gasteiger partial charge in [-0.25, -0.2) is 8.78 Å². The first-order valence-electron chi connectivity index (χ1n) is 10.6. The molecule has 4 atom stereocenters. The van der Waals surface area contributed by atoms with Crippen molar-refractivity contribution in [2.75, 3.05) is 20.2 Å². The van der Waals surface area contributed by atoms with E-state index in [-0.39, 0.29) is 18.9 Å². The van der Waals surface area contributed by atoms with Crippen molar-refractivity contribution >= 4 is 0 Å². The predicted octanol–water partition coefficient (Wildman–Crippen LogP) is 3.28. The number of aliphatic hydroxyl groups is 1. The number of rotatable bonds is 3. The summed E-state index contributed by atoms with van der Waals surface area (Å²) in [6.45, 7) is 1.72. The van der Waals surface area contributed by atoms with Crippen molar-refractivity contribution in [3.63, 3.8) is 0 Å². The quantitative estimate of drug-likeness (QED) is 0.859. The standard InChI is InChI=1S/C22H27F2NO3/c1-27-15-6-5-14-11-16-21(26)7-8-22(23,24)19-20(21,17(14)18(15)28-19)9-10-25(16)12-13-3-2-4-13/h5-6,13,16,19,26H,2-4,7-12H2,1H3/t16-,19-,20+,21-/m1/s1. The molecule has 28 heavy (non-hydrogen) atoms. The van der Waals surface area contributed by atoms with Gasteiger partial charge in [0.25, 0.3) is 5.92 Å². The number of nitrogens with zero attached hydrogens (tertiary/aromatic N) is 1. The summed E-state index contributed by atoms with van der Waals surface area (Å²) in [6, 6.07) is 3.71. The number of hydrogen-bond acceptors (Lipinski definition) is 4. The molecular weight excluding hydrogens is 364 g/mol. The molecule has 0 unspecified atom stereocenters. The van der Waals surface area contributed by atoms with E-state index in [1.807, 2.05) is 12.1 Å². The number of methoxy groups -OCH3 is 1. The van der Waals surface area contributed by atoms with Crippen LogP contribution in [0.3, 0.4) is 0 Å². The van der Waals surface area contributed by atoms with Crippen molar-refractivity contribution in [2.24, 2.45) is 5.92 Å². The average molecular weight is 391 g/mol. The Balaban J connectivity index is 1.53. The van der Waals surface area contributed by atoms with Crippen LogP contribution in [0.25, 0.3) is 0 Å². The van der Waals surface area contributed by atoms with Crippen LogP contribution in [0.1, 0.15) is 49.7 Å². The Hall–Kier alpha value is -1.40. The molecule has 2 aliphatic heterocycles. The second-order valence-electron chi connectivity index (χ2n) is 9.55. The lowest BCUT2D eigenvalue weighted by Crippen LogP contribution is -2.78. The highest BCUT2D eigenvalue weighted by Crippen LogP contribution is 2.67. The van der Waals surface area contributed by atoms with Crippen LogP contribution in [0.4, 0.5) is 8.78 Å². The normalized spacial score (nSPS) is 40.4. The highest BCUT2D eigenvalue weighted by atomic mass is 19.3. The fraction of sp³-hybridized carbons (Fsp3) is 0.727. The number of ether oxygens (including phenoxy) is 2. The third kappa shape index (κ3) is 1.87. The smallest absolute Gasteiger partial charge is 0.285 e. The summed E-state index contributed by atoms with van der Waals surface area (Å²) in [6.07, 6.45) is 3.47. The van der Waals surface area contributed by atoms with E-state index in [1.54, 1.807) is 7.11 Å². The summed E-state index contributed by atoms with van der Waals surface area (Å²) in [5.74, 6) is -1.33. The van der Waals surface area contributed by atoms with Crippen LogP contribution in [0.2, 0.25) is 0 Å². The lowest BCUT2D eigenvalue weighted by Gasteiger charge is -2.64. The number of benzene rings is 1. The van der Waals surface area contributed by atoms with E-state index in [4.69, 9.17) is 9.47 Å². The molecule has 1 spiro atoms. The first kappa shape index (κ1) is 17.5. The van der Waals surface area contributed by atoms with Gasteiger partial charge in [-0.05, 0) is 56.2 Å². The first-order valence-corrected chi connectivity index (χ1v) is 10.6. The average Bonchev–Trinajstić information content (AvgIpc) is 2.99. The maximum Gasteiger partial charge on any atom is 0.285 e. The monoisotopic (exact) mass is 391 g/mol. The molecule has 5 aliphatic rings. The van der Waals surface area contributed by atoms with E-state index < -0.39 is 23.0 Å². The highest BCUT2D eigenvalue weighted by Gasteiger charge is 2.77. The van der Waals surface area contributed by atoms with Crippen LogP contribution in [0.15, 0.2) is 12.1 Å². The van der Waals surface area contributed by atoms with Gasteiger partial charge in [0.2, 0.25) is 0 Å². The minimum Gasteiger partial charge on any atom is -0.493 e. The number of halogens is 2. The molecule has 4 nitrogen and oxygen atoms in total. The highest BCUT2D eigenvalue weighted by molar-refractivity contribution is 5.63. The van der Waals surface area contributed by atoms with Gasteiger partial charge in [0.15, 0.2) is 17.6 Å². The van der Waals surface area contributed by atoms with Crippen molar-refractivity contribution in [2.45, 2.75) is 74.0 Å². The van der Waals surface area contributed by atoms with E-state index in [2.05, 4.69) is 4.90 Å². The van der Waals surface area contributed by atoms with Crippen molar-refractivity contribution in [1.29, 1.82) is 0 Å². The molecule has 1 N–H and O–H groups in total. The minimum atomic E-state index is -2.95. The van der Waals surface area contributed by atoms with Crippen LogP contribution in [-0.2, 0) is 11.8 Å². The molecule has 1 aromatic carbocycles. The van der Waals surface area contributed by atoms with E-state index in [0.717, 1.165) is 24.2 Å². The topological polar surface area (TPSA) is 41.9 Å². The van der Waals surface area contributed by atoms with Crippen molar-refractivity contribution in [3.05, 3.63) is 23.3 Å². The molecule has 0 amide bonds. The fourth-order valence-corrected chi connectivity index (χ4v) is 6.94. The van der Waals surface area contributed by atoms with Gasteiger partial charge in [-0.3, -0.25) is 4.90 Å². The summed E-state index contributed by atoms with van der Waals surface area (Å²) in [5, 5.41) is 12.1. The third-order valence-electron chi connectivity index (χ3n) is 8.47. The van der Waals surface area contributed by atoms with Crippen LogP contribution in [0, 0.1) is 5.92 Å². The number of hydrogen-bond donors (Lipinski definition) is 1. The molecule has 1 aromatic rings. The van der Waals surface area contributed by atoms with E-state index in [1.165, 1.54) is 19.3 Å². The van der Waals surface area contributed by atoms with Gasteiger partial charge in [0.05, 0.1) is 18.1 Å². The minimum absolute atomic E-state index is 0.115. The zero-order valence-electron chi connectivity index (χ0n) is 16.2. The van der Waals surface area contributed by atoms with E-state index in [9.17, 15) is 5.11 Å². The number of piperidine rings is 1. The maximum absolute atomic E-state index is 15.1. The molecule has 0 radical (unpaired) electrons. The summed E-state index contributed by atoms with van der Waals surface area (Å²) in [5.41, 5.74) is -0.360. The van der Waals surface area contributed by atoms with Gasteiger partial charge >= 0.3 is 0 Å². The molecule has 6 rings (SSSR count). The Morgan fingerprint density at radius 1 is 1.25 bits per heavy atom. The Labute approximate surface area is 163 Å². The number of alkyl halides is 2. The van der Waals surface area contributed by atoms with Gasteiger partial charge in [-0.2, -0.15) is 0 Å². The molecule has 3 fully saturated rings. The van der Waals surface area contributed by atoms with Crippen LogP contribution < -0.4 is 9.47 Å². The second-order valence-corrected chi connectivity index (χ2v) is 9.55. The molecule has 2 bridgehead atoms. The largest absolute Gasteiger partial charge is 0.493 e. The zero-order chi connectivity index (χ0) is 19.3. The van der Waals surface area contributed by atoms with Crippen molar-refractivity contribution < 1.29 is 23.4 Å². The number of likely N-dealkylation sites (tertiary alicyclic amines) is 1. The lowest BCUT2D eigenvalue weighted by atomic mass is 9.48. The van der Waals surface area contributed by atoms with Crippen LogP contribution >= 0.6 is 0 Å². The third-order valence-corrected chi connectivity index (χ3v) is 8.47. The molecule has 3 aliphatic carbocycles. The maximum atomic E-state index is 15.1. The molecule has 6 heteroatoms. The molecule has 2 saturated carbocycles. The Bertz CT molecular complexity index is 841. The van der Waals surface area contributed by atoms with Gasteiger partial charge in [-0.15, -0.1) is 0 Å². The fourth-order valence-electron chi connectivity index (χ4n) is 6.94. The Kier molecular flexibility index (Phi) is 3.36. The zero-order valence-corrected chi connectivity index (χ0v) is 16.2. The predicted molar refractivity (Wildman–Crippen MR) is 99.2 cm³/mol. The van der Waals surface area contributed by atoms with Gasteiger partial charge in [0, 0.05) is 24.6 Å². The summed E-state index contributed by atoms with van der Waals surface area (Å²) < 4.78 is 41.7. The summed E-state index contributed by atoms with van der Waals surface area (Å²) >= 11 is 0. The summed E-state index contributed by atoms with van der Waals surface area (Å²) in [7, 11) is 1.54. The van der Waals surface area contributed by atoms with Crippen LogP contribution in [-0.4, -0.2) is 53.9 Å². The molecule has 152 valence electrons. The molecule has 1 saturated heterocycles.